The van der Waals surface area contributed by atoms with Crippen molar-refractivity contribution in [2.75, 3.05) is 7.11 Å². The monoisotopic (exact) mass is 435 g/mol. The van der Waals surface area contributed by atoms with Crippen LogP contribution in [0.1, 0.15) is 20.9 Å². The average molecular weight is 436 g/mol. The fourth-order valence-electron chi connectivity index (χ4n) is 2.39. The van der Waals surface area contributed by atoms with Crippen molar-refractivity contribution in [3.63, 3.8) is 0 Å². The molecule has 6 nitrogen and oxygen atoms in total. The summed E-state index contributed by atoms with van der Waals surface area (Å²) < 4.78 is 4.98. The maximum Gasteiger partial charge on any atom is 0.283 e. The predicted molar refractivity (Wildman–Crippen MR) is 112 cm³/mol. The van der Waals surface area contributed by atoms with Gasteiger partial charge in [0, 0.05) is 10.6 Å². The Balaban J connectivity index is 1.74. The molecule has 1 aromatic heterocycles. The lowest BCUT2D eigenvalue weighted by Crippen LogP contribution is -2.17. The number of nitrogens with one attached hydrogen (secondary N) is 1. The molecule has 1 amide bonds. The van der Waals surface area contributed by atoms with Gasteiger partial charge in [-0.3, -0.25) is 4.79 Å². The number of hydrogen-bond acceptors (Lipinski definition) is 6. The Labute approximate surface area is 175 Å². The van der Waals surface area contributed by atoms with E-state index in [1.54, 1.807) is 37.3 Å². The molecule has 2 N–H and O–H groups in total. The number of phenolic OH excluding ortho intramolecular Hbond substituents is 1. The zero-order valence-electron chi connectivity index (χ0n) is 14.9. The van der Waals surface area contributed by atoms with Gasteiger partial charge in [0.05, 0.1) is 24.0 Å². The van der Waals surface area contributed by atoms with Crippen molar-refractivity contribution in [3.8, 4) is 22.1 Å². The van der Waals surface area contributed by atoms with Gasteiger partial charge in [0.1, 0.15) is 9.88 Å². The highest BCUT2D eigenvalue weighted by Crippen LogP contribution is 2.34. The first-order valence-corrected chi connectivity index (χ1v) is 9.59. The Kier molecular flexibility index (Phi) is 6.18. The lowest BCUT2D eigenvalue weighted by atomic mass is 10.2. The number of nitrogens with zero attached hydrogens (tertiary/aromatic N) is 2. The maximum absolute atomic E-state index is 12.4. The summed E-state index contributed by atoms with van der Waals surface area (Å²) in [7, 11) is 1.46. The van der Waals surface area contributed by atoms with Gasteiger partial charge in [-0.05, 0) is 48.9 Å². The number of halogens is 2. The Hall–Kier alpha value is -2.61. The second kappa shape index (κ2) is 8.60. The summed E-state index contributed by atoms with van der Waals surface area (Å²) in [6.07, 6.45) is 1.42. The van der Waals surface area contributed by atoms with Crippen molar-refractivity contribution in [1.82, 2.24) is 10.4 Å². The van der Waals surface area contributed by atoms with Gasteiger partial charge >= 0.3 is 0 Å². The summed E-state index contributed by atoms with van der Waals surface area (Å²) in [6, 6.07) is 9.89. The number of hydrazone groups is 1. The van der Waals surface area contributed by atoms with Gasteiger partial charge in [-0.25, -0.2) is 10.4 Å². The van der Waals surface area contributed by atoms with Crippen LogP contribution in [0.5, 0.6) is 11.5 Å². The summed E-state index contributed by atoms with van der Waals surface area (Å²) in [4.78, 5) is 17.3. The first kappa shape index (κ1) is 20.1. The first-order chi connectivity index (χ1) is 13.4. The summed E-state index contributed by atoms with van der Waals surface area (Å²) in [5, 5.41) is 15.3. The van der Waals surface area contributed by atoms with Gasteiger partial charge in [0.2, 0.25) is 0 Å². The van der Waals surface area contributed by atoms with Gasteiger partial charge in [-0.1, -0.05) is 23.2 Å². The Morgan fingerprint density at radius 2 is 2.07 bits per heavy atom. The highest BCUT2D eigenvalue weighted by atomic mass is 35.5. The van der Waals surface area contributed by atoms with Gasteiger partial charge in [0.25, 0.3) is 5.91 Å². The fourth-order valence-corrected chi connectivity index (χ4v) is 3.94. The number of ether oxygens (including phenoxy) is 1. The number of rotatable bonds is 5. The molecule has 0 saturated carbocycles. The molecule has 144 valence electrons. The Morgan fingerprint density at radius 1 is 1.29 bits per heavy atom. The van der Waals surface area contributed by atoms with Crippen molar-refractivity contribution < 1.29 is 14.6 Å². The smallest absolute Gasteiger partial charge is 0.283 e. The second-order valence-corrected chi connectivity index (χ2v) is 7.53. The quantitative estimate of drug-likeness (QED) is 0.440. The minimum Gasteiger partial charge on any atom is -0.504 e. The first-order valence-electron chi connectivity index (χ1n) is 8.02. The number of hydrogen-bond donors (Lipinski definition) is 2. The Morgan fingerprint density at radius 3 is 2.75 bits per heavy atom. The van der Waals surface area contributed by atoms with Crippen molar-refractivity contribution in [2.24, 2.45) is 5.10 Å². The number of carbonyl (C=O) groups excluding carboxylic acids is 1. The number of amides is 1. The van der Waals surface area contributed by atoms with E-state index in [0.717, 1.165) is 0 Å². The molecule has 0 aliphatic rings. The molecule has 0 aliphatic carbocycles. The van der Waals surface area contributed by atoms with E-state index in [9.17, 15) is 9.90 Å². The maximum atomic E-state index is 12.4. The summed E-state index contributed by atoms with van der Waals surface area (Å²) in [5.74, 6) is -0.0456. The summed E-state index contributed by atoms with van der Waals surface area (Å²) >= 11 is 13.4. The van der Waals surface area contributed by atoms with Crippen LogP contribution in [0.4, 0.5) is 0 Å². The normalized spacial score (nSPS) is 11.0. The third kappa shape index (κ3) is 4.44. The average Bonchev–Trinajstić information content (AvgIpc) is 3.03. The minimum absolute atomic E-state index is 0.0134. The number of benzene rings is 2. The fraction of sp³-hybridized carbons (Fsp3) is 0.105. The molecule has 0 saturated heterocycles. The lowest BCUT2D eigenvalue weighted by Gasteiger charge is -2.03. The number of methoxy groups -OCH3 is 1. The molecule has 0 aliphatic heterocycles. The van der Waals surface area contributed by atoms with Crippen LogP contribution in [0.15, 0.2) is 41.5 Å². The van der Waals surface area contributed by atoms with Crippen LogP contribution in [-0.2, 0) is 0 Å². The summed E-state index contributed by atoms with van der Waals surface area (Å²) in [5.41, 5.74) is 4.34. The number of carbonyl (C=O) groups is 1. The van der Waals surface area contributed by atoms with Crippen LogP contribution in [0, 0.1) is 6.92 Å². The molecule has 0 unspecified atom stereocenters. The molecular formula is C19H15Cl2N3O3S. The SMILES string of the molecule is COc1ccc(C=NNC(=O)c2sc(-c3ccc(Cl)cc3Cl)nc2C)cc1O. The van der Waals surface area contributed by atoms with Gasteiger partial charge in [-0.15, -0.1) is 11.3 Å². The highest BCUT2D eigenvalue weighted by Gasteiger charge is 2.17. The number of aryl methyl sites for hydroxylation is 1. The van der Waals surface area contributed by atoms with E-state index >= 15 is 0 Å². The van der Waals surface area contributed by atoms with Crippen LogP contribution in [-0.4, -0.2) is 29.3 Å². The molecule has 2 aromatic carbocycles. The van der Waals surface area contributed by atoms with Crippen LogP contribution in [0.3, 0.4) is 0 Å². The zero-order chi connectivity index (χ0) is 20.3. The molecule has 0 bridgehead atoms. The topological polar surface area (TPSA) is 83.8 Å². The van der Waals surface area contributed by atoms with E-state index in [2.05, 4.69) is 15.5 Å². The number of aromatic hydroxyl groups is 1. The largest absolute Gasteiger partial charge is 0.504 e. The van der Waals surface area contributed by atoms with Crippen molar-refractivity contribution >= 4 is 46.7 Å². The van der Waals surface area contributed by atoms with E-state index in [-0.39, 0.29) is 11.7 Å². The molecule has 28 heavy (non-hydrogen) atoms. The van der Waals surface area contributed by atoms with E-state index in [4.69, 9.17) is 27.9 Å². The molecule has 0 spiro atoms. The number of thiazole rings is 1. The summed E-state index contributed by atoms with van der Waals surface area (Å²) in [6.45, 7) is 1.74. The van der Waals surface area contributed by atoms with E-state index in [0.29, 0.717) is 42.5 Å². The lowest BCUT2D eigenvalue weighted by molar-refractivity contribution is 0.0958. The molecule has 0 atom stereocenters. The molecular weight excluding hydrogens is 421 g/mol. The molecule has 0 fully saturated rings. The van der Waals surface area contributed by atoms with Crippen molar-refractivity contribution in [1.29, 1.82) is 0 Å². The molecule has 1 heterocycles. The molecule has 9 heteroatoms. The van der Waals surface area contributed by atoms with E-state index in [1.807, 2.05) is 0 Å². The number of phenols is 1. The number of aromatic nitrogens is 1. The standard InChI is InChI=1S/C19H15Cl2N3O3S/c1-10-17(28-19(23-10)13-5-4-12(20)8-14(13)21)18(26)24-22-9-11-3-6-16(27-2)15(25)7-11/h3-9,25H,1-2H3,(H,24,26). The van der Waals surface area contributed by atoms with E-state index in [1.165, 1.54) is 30.7 Å². The van der Waals surface area contributed by atoms with Crippen LogP contribution < -0.4 is 10.2 Å². The van der Waals surface area contributed by atoms with Gasteiger partial charge in [-0.2, -0.15) is 5.10 Å². The van der Waals surface area contributed by atoms with Crippen molar-refractivity contribution in [2.45, 2.75) is 6.92 Å². The van der Waals surface area contributed by atoms with Crippen LogP contribution in [0.25, 0.3) is 10.6 Å². The molecule has 0 radical (unpaired) electrons. The highest BCUT2D eigenvalue weighted by molar-refractivity contribution is 7.17. The Bertz CT molecular complexity index is 1070. The van der Waals surface area contributed by atoms with Gasteiger partial charge in [0.15, 0.2) is 11.5 Å². The predicted octanol–water partition coefficient (Wildman–Crippen LogP) is 4.90. The second-order valence-electron chi connectivity index (χ2n) is 5.69. The van der Waals surface area contributed by atoms with Crippen LogP contribution >= 0.6 is 34.5 Å². The van der Waals surface area contributed by atoms with E-state index < -0.39 is 0 Å². The minimum atomic E-state index is -0.389. The zero-order valence-corrected chi connectivity index (χ0v) is 17.2. The van der Waals surface area contributed by atoms with Crippen molar-refractivity contribution in [3.05, 3.63) is 62.6 Å². The third-order valence-corrected chi connectivity index (χ3v) is 5.48. The molecule has 3 aromatic rings. The third-order valence-electron chi connectivity index (χ3n) is 3.75. The van der Waals surface area contributed by atoms with Gasteiger partial charge < -0.3 is 9.84 Å². The van der Waals surface area contributed by atoms with Crippen LogP contribution in [0.2, 0.25) is 10.0 Å². The molecule has 3 rings (SSSR count).